The quantitative estimate of drug-likeness (QED) is 0.717. The Morgan fingerprint density at radius 1 is 1.32 bits per heavy atom. The van der Waals surface area contributed by atoms with E-state index in [-0.39, 0.29) is 18.0 Å². The number of H-pyrrole nitrogens is 1. The van der Waals surface area contributed by atoms with Crippen molar-refractivity contribution in [3.8, 4) is 11.3 Å². The highest BCUT2D eigenvalue weighted by atomic mass is 35.5. The van der Waals surface area contributed by atoms with E-state index in [4.69, 9.17) is 22.4 Å². The van der Waals surface area contributed by atoms with Crippen LogP contribution in [0, 0.1) is 4.77 Å². The van der Waals surface area contributed by atoms with Crippen LogP contribution >= 0.6 is 24.6 Å². The summed E-state index contributed by atoms with van der Waals surface area (Å²) in [6, 6.07) is 9.27. The van der Waals surface area contributed by atoms with Crippen LogP contribution < -0.4 is 11.3 Å². The van der Waals surface area contributed by atoms with Gasteiger partial charge in [-0.15, -0.1) is 12.4 Å². The smallest absolute Gasteiger partial charge is 0.252 e. The fourth-order valence-electron chi connectivity index (χ4n) is 2.41. The lowest BCUT2D eigenvalue weighted by atomic mass is 10.1. The fraction of sp³-hybridized carbons (Fsp3) is 0.200. The van der Waals surface area contributed by atoms with Crippen LogP contribution in [0.15, 0.2) is 45.8 Å². The van der Waals surface area contributed by atoms with E-state index in [9.17, 15) is 4.79 Å². The maximum absolute atomic E-state index is 11.8. The molecule has 0 saturated carbocycles. The van der Waals surface area contributed by atoms with E-state index in [0.29, 0.717) is 17.9 Å². The molecule has 0 aliphatic heterocycles. The third kappa shape index (κ3) is 2.99. The SMILES string of the molecule is Cl.NCCCn1c(-c2cccc3ccoc23)cc(=O)[nH]c1=S. The molecule has 0 amide bonds. The first-order valence-corrected chi connectivity index (χ1v) is 7.12. The Kier molecular flexibility index (Phi) is 5.18. The van der Waals surface area contributed by atoms with Crippen molar-refractivity contribution in [2.45, 2.75) is 13.0 Å². The minimum Gasteiger partial charge on any atom is -0.464 e. The summed E-state index contributed by atoms with van der Waals surface area (Å²) in [7, 11) is 0. The molecule has 0 aliphatic rings. The highest BCUT2D eigenvalue weighted by Gasteiger charge is 2.11. The summed E-state index contributed by atoms with van der Waals surface area (Å²) in [5.74, 6) is 0. The van der Waals surface area contributed by atoms with Gasteiger partial charge in [0.05, 0.1) is 12.0 Å². The number of aromatic nitrogens is 2. The number of halogens is 1. The molecule has 22 heavy (non-hydrogen) atoms. The van der Waals surface area contributed by atoms with E-state index in [1.807, 2.05) is 28.8 Å². The molecule has 0 aliphatic carbocycles. The predicted molar refractivity (Wildman–Crippen MR) is 92.0 cm³/mol. The first kappa shape index (κ1) is 16.5. The summed E-state index contributed by atoms with van der Waals surface area (Å²) in [5.41, 5.74) is 7.71. The number of rotatable bonds is 4. The zero-order valence-electron chi connectivity index (χ0n) is 11.7. The van der Waals surface area contributed by atoms with Crippen LogP contribution in [-0.4, -0.2) is 16.1 Å². The number of hydrogen-bond acceptors (Lipinski definition) is 4. The molecule has 7 heteroatoms. The van der Waals surface area contributed by atoms with E-state index >= 15 is 0 Å². The van der Waals surface area contributed by atoms with E-state index in [1.165, 1.54) is 0 Å². The average molecular weight is 338 g/mol. The molecule has 0 bridgehead atoms. The molecule has 3 N–H and O–H groups in total. The highest BCUT2D eigenvalue weighted by Crippen LogP contribution is 2.28. The zero-order chi connectivity index (χ0) is 14.8. The van der Waals surface area contributed by atoms with Crippen LogP contribution in [0.25, 0.3) is 22.2 Å². The van der Waals surface area contributed by atoms with Gasteiger partial charge in [0.1, 0.15) is 5.58 Å². The maximum atomic E-state index is 11.8. The monoisotopic (exact) mass is 337 g/mol. The third-order valence-corrected chi connectivity index (χ3v) is 3.70. The van der Waals surface area contributed by atoms with Gasteiger partial charge in [0.25, 0.3) is 5.56 Å². The molecular weight excluding hydrogens is 322 g/mol. The lowest BCUT2D eigenvalue weighted by Gasteiger charge is -2.13. The Morgan fingerprint density at radius 2 is 2.14 bits per heavy atom. The van der Waals surface area contributed by atoms with Crippen LogP contribution in [0.1, 0.15) is 6.42 Å². The summed E-state index contributed by atoms with van der Waals surface area (Å²) in [4.78, 5) is 14.4. The predicted octanol–water partition coefficient (Wildman–Crippen LogP) is 3.09. The summed E-state index contributed by atoms with van der Waals surface area (Å²) < 4.78 is 7.85. The van der Waals surface area contributed by atoms with Crippen molar-refractivity contribution in [1.29, 1.82) is 0 Å². The third-order valence-electron chi connectivity index (χ3n) is 3.37. The molecule has 3 aromatic rings. The summed E-state index contributed by atoms with van der Waals surface area (Å²) in [6.07, 6.45) is 2.42. The molecule has 1 aromatic carbocycles. The number of aromatic amines is 1. The van der Waals surface area contributed by atoms with Crippen molar-refractivity contribution >= 4 is 35.6 Å². The van der Waals surface area contributed by atoms with Crippen molar-refractivity contribution in [1.82, 2.24) is 9.55 Å². The molecule has 116 valence electrons. The van der Waals surface area contributed by atoms with E-state index < -0.39 is 0 Å². The summed E-state index contributed by atoms with van der Waals surface area (Å²) >= 11 is 5.28. The van der Waals surface area contributed by atoms with Crippen LogP contribution in [-0.2, 0) is 6.54 Å². The second-order valence-electron chi connectivity index (χ2n) is 4.76. The number of furan rings is 1. The van der Waals surface area contributed by atoms with Gasteiger partial charge in [-0.25, -0.2) is 0 Å². The van der Waals surface area contributed by atoms with Crippen molar-refractivity contribution in [2.24, 2.45) is 5.73 Å². The number of nitrogens with two attached hydrogens (primary N) is 1. The molecule has 0 atom stereocenters. The molecule has 0 fully saturated rings. The van der Waals surface area contributed by atoms with Gasteiger partial charge in [0.2, 0.25) is 0 Å². The number of benzene rings is 1. The molecule has 0 unspecified atom stereocenters. The second-order valence-corrected chi connectivity index (χ2v) is 5.15. The van der Waals surface area contributed by atoms with Crippen molar-refractivity contribution in [3.63, 3.8) is 0 Å². The van der Waals surface area contributed by atoms with E-state index in [2.05, 4.69) is 4.98 Å². The number of nitrogens with one attached hydrogen (secondary N) is 1. The maximum Gasteiger partial charge on any atom is 0.252 e. The van der Waals surface area contributed by atoms with Gasteiger partial charge in [-0.3, -0.25) is 9.78 Å². The molecule has 3 rings (SSSR count). The lowest BCUT2D eigenvalue weighted by Crippen LogP contribution is -2.16. The Balaban J connectivity index is 0.00000176. The van der Waals surface area contributed by atoms with Crippen molar-refractivity contribution < 1.29 is 4.42 Å². The first-order valence-electron chi connectivity index (χ1n) is 6.71. The van der Waals surface area contributed by atoms with Gasteiger partial charge < -0.3 is 14.7 Å². The van der Waals surface area contributed by atoms with Crippen molar-refractivity contribution in [2.75, 3.05) is 6.54 Å². The molecule has 0 radical (unpaired) electrons. The first-order chi connectivity index (χ1) is 10.2. The minimum atomic E-state index is -0.220. The number of nitrogens with zero attached hydrogens (tertiary/aromatic N) is 1. The molecule has 0 saturated heterocycles. The van der Waals surface area contributed by atoms with Crippen LogP contribution in [0.5, 0.6) is 0 Å². The van der Waals surface area contributed by atoms with Gasteiger partial charge in [-0.2, -0.15) is 0 Å². The zero-order valence-corrected chi connectivity index (χ0v) is 13.4. The number of fused-ring (bicyclic) bond motifs is 1. The van der Waals surface area contributed by atoms with Gasteiger partial charge in [0.15, 0.2) is 4.77 Å². The largest absolute Gasteiger partial charge is 0.464 e. The van der Waals surface area contributed by atoms with Crippen LogP contribution in [0.2, 0.25) is 0 Å². The van der Waals surface area contributed by atoms with Gasteiger partial charge in [-0.1, -0.05) is 12.1 Å². The Labute approximate surface area is 138 Å². The normalized spacial score (nSPS) is 10.6. The summed E-state index contributed by atoms with van der Waals surface area (Å²) in [6.45, 7) is 1.21. The minimum absolute atomic E-state index is 0. The topological polar surface area (TPSA) is 77.0 Å². The molecule has 2 aromatic heterocycles. The van der Waals surface area contributed by atoms with Crippen molar-refractivity contribution in [3.05, 3.63) is 51.7 Å². The van der Waals surface area contributed by atoms with Crippen LogP contribution in [0.4, 0.5) is 0 Å². The standard InChI is InChI=1S/C15H15N3O2S.ClH/c16-6-2-7-18-12(9-13(19)17-15(18)21)11-4-1-3-10-5-8-20-14(10)11;/h1,3-5,8-9H,2,6-7,16H2,(H,17,19,21);1H. The van der Waals surface area contributed by atoms with Gasteiger partial charge in [0, 0.05) is 23.6 Å². The lowest BCUT2D eigenvalue weighted by molar-refractivity contribution is 0.611. The highest BCUT2D eigenvalue weighted by molar-refractivity contribution is 7.71. The summed E-state index contributed by atoms with van der Waals surface area (Å²) in [5, 5.41) is 0.990. The molecule has 2 heterocycles. The van der Waals surface area contributed by atoms with Crippen LogP contribution in [0.3, 0.4) is 0 Å². The second kappa shape index (κ2) is 6.91. The van der Waals surface area contributed by atoms with E-state index in [1.54, 1.807) is 12.3 Å². The Bertz CT molecular complexity index is 897. The average Bonchev–Trinajstić information content (AvgIpc) is 2.94. The Hall–Kier alpha value is -1.89. The molecule has 5 nitrogen and oxygen atoms in total. The number of para-hydroxylation sites is 1. The fourth-order valence-corrected chi connectivity index (χ4v) is 2.70. The molecular formula is C15H16ClN3O2S. The molecule has 0 spiro atoms. The number of hydrogen-bond donors (Lipinski definition) is 2. The Morgan fingerprint density at radius 3 is 2.91 bits per heavy atom. The van der Waals surface area contributed by atoms with Gasteiger partial charge >= 0.3 is 0 Å². The van der Waals surface area contributed by atoms with E-state index in [0.717, 1.165) is 28.6 Å². The van der Waals surface area contributed by atoms with Gasteiger partial charge in [-0.05, 0) is 37.3 Å².